The highest BCUT2D eigenvalue weighted by atomic mass is 35.5. The molecule has 0 aliphatic heterocycles. The van der Waals surface area contributed by atoms with Crippen molar-refractivity contribution in [2.75, 3.05) is 7.11 Å². The number of carbonyl (C=O) groups excluding carboxylic acids is 1. The van der Waals surface area contributed by atoms with Crippen molar-refractivity contribution in [3.05, 3.63) is 18.0 Å². The van der Waals surface area contributed by atoms with Crippen LogP contribution in [0.5, 0.6) is 0 Å². The number of hydrogen-bond donors (Lipinski definition) is 0. The number of esters is 1. The van der Waals surface area contributed by atoms with Crippen LogP contribution < -0.4 is 0 Å². The Morgan fingerprint density at radius 3 is 3.09 bits per heavy atom. The summed E-state index contributed by atoms with van der Waals surface area (Å²) in [4.78, 5) is 10.8. The van der Waals surface area contributed by atoms with Gasteiger partial charge in [0.05, 0.1) is 18.9 Å². The van der Waals surface area contributed by atoms with Gasteiger partial charge in [-0.15, -0.1) is 11.6 Å². The Labute approximate surface area is 68.7 Å². The molecule has 1 aromatic rings. The van der Waals surface area contributed by atoms with Gasteiger partial charge in [0.25, 0.3) is 0 Å². The molecule has 0 aliphatic rings. The van der Waals surface area contributed by atoms with Crippen molar-refractivity contribution >= 4 is 17.6 Å². The monoisotopic (exact) mass is 174 g/mol. The zero-order valence-electron chi connectivity index (χ0n) is 5.95. The van der Waals surface area contributed by atoms with E-state index >= 15 is 0 Å². The average molecular weight is 175 g/mol. The molecular formula is C6H7ClN2O2. The second-order valence-corrected chi connectivity index (χ2v) is 2.12. The summed E-state index contributed by atoms with van der Waals surface area (Å²) in [6, 6.07) is 0.233. The molecule has 0 N–H and O–H groups in total. The standard InChI is InChI=1S/C6H7ClN2O2/c1-11-6(10)5-2-8-9(3-5)4-7/h2-3H,4H2,1H3. The van der Waals surface area contributed by atoms with Crippen LogP contribution in [0.15, 0.2) is 12.4 Å². The van der Waals surface area contributed by atoms with Crippen LogP contribution in [0.4, 0.5) is 0 Å². The maximum absolute atomic E-state index is 10.8. The fourth-order valence-electron chi connectivity index (χ4n) is 0.652. The minimum absolute atomic E-state index is 0.233. The number of carbonyl (C=O) groups is 1. The lowest BCUT2D eigenvalue weighted by Crippen LogP contribution is -1.99. The van der Waals surface area contributed by atoms with Gasteiger partial charge in [0.1, 0.15) is 6.00 Å². The molecule has 0 aliphatic carbocycles. The van der Waals surface area contributed by atoms with Crippen LogP contribution in [0.25, 0.3) is 0 Å². The Bertz CT molecular complexity index is 259. The third kappa shape index (κ3) is 1.71. The smallest absolute Gasteiger partial charge is 0.341 e. The van der Waals surface area contributed by atoms with Gasteiger partial charge in [0.2, 0.25) is 0 Å². The third-order valence-corrected chi connectivity index (χ3v) is 1.42. The molecule has 5 heteroatoms. The first-order chi connectivity index (χ1) is 5.27. The molecule has 11 heavy (non-hydrogen) atoms. The summed E-state index contributed by atoms with van der Waals surface area (Å²) in [5.74, 6) is -0.402. The highest BCUT2D eigenvalue weighted by molar-refractivity contribution is 6.15. The molecule has 0 saturated carbocycles. The Morgan fingerprint density at radius 1 is 1.91 bits per heavy atom. The number of methoxy groups -OCH3 is 1. The predicted octanol–water partition coefficient (Wildman–Crippen LogP) is 0.866. The zero-order valence-corrected chi connectivity index (χ0v) is 6.71. The number of aromatic nitrogens is 2. The first-order valence-corrected chi connectivity index (χ1v) is 3.48. The van der Waals surface area contributed by atoms with Gasteiger partial charge in [0, 0.05) is 6.20 Å². The SMILES string of the molecule is COC(=O)c1cnn(CCl)c1. The molecule has 60 valence electrons. The summed E-state index contributed by atoms with van der Waals surface area (Å²) in [5.41, 5.74) is 0.410. The number of alkyl halides is 1. The number of hydrogen-bond acceptors (Lipinski definition) is 3. The lowest BCUT2D eigenvalue weighted by atomic mass is 10.4. The molecule has 0 bridgehead atoms. The van der Waals surface area contributed by atoms with Crippen LogP contribution >= 0.6 is 11.6 Å². The minimum Gasteiger partial charge on any atom is -0.465 e. The largest absolute Gasteiger partial charge is 0.465 e. The molecular weight excluding hydrogens is 168 g/mol. The van der Waals surface area contributed by atoms with Gasteiger partial charge >= 0.3 is 5.97 Å². The molecule has 0 amide bonds. The Balaban J connectivity index is 2.80. The summed E-state index contributed by atoms with van der Waals surface area (Å²) >= 11 is 5.44. The van der Waals surface area contributed by atoms with E-state index < -0.39 is 5.97 Å². The molecule has 1 heterocycles. The average Bonchev–Trinajstić information content (AvgIpc) is 2.50. The van der Waals surface area contributed by atoms with E-state index in [4.69, 9.17) is 11.6 Å². The molecule has 0 unspecified atom stereocenters. The van der Waals surface area contributed by atoms with Gasteiger partial charge in [0.15, 0.2) is 0 Å². The van der Waals surface area contributed by atoms with E-state index in [1.54, 1.807) is 0 Å². The van der Waals surface area contributed by atoms with Crippen molar-refractivity contribution in [1.29, 1.82) is 0 Å². The van der Waals surface area contributed by atoms with Crippen LogP contribution in [0.3, 0.4) is 0 Å². The second kappa shape index (κ2) is 3.39. The van der Waals surface area contributed by atoms with E-state index in [2.05, 4.69) is 9.84 Å². The molecule has 0 aromatic carbocycles. The normalized spacial score (nSPS) is 9.64. The highest BCUT2D eigenvalue weighted by Gasteiger charge is 2.06. The van der Waals surface area contributed by atoms with Crippen LogP contribution in [0.2, 0.25) is 0 Å². The minimum atomic E-state index is -0.402. The Hall–Kier alpha value is -1.03. The molecule has 0 fully saturated rings. The molecule has 0 saturated heterocycles. The van der Waals surface area contributed by atoms with E-state index in [1.807, 2.05) is 0 Å². The summed E-state index contributed by atoms with van der Waals surface area (Å²) in [5, 5.41) is 3.79. The van der Waals surface area contributed by atoms with Gasteiger partial charge in [-0.25, -0.2) is 4.79 Å². The Kier molecular flexibility index (Phi) is 2.48. The first kappa shape index (κ1) is 8.07. The van der Waals surface area contributed by atoms with Crippen LogP contribution in [-0.2, 0) is 10.7 Å². The molecule has 1 rings (SSSR count). The fourth-order valence-corrected chi connectivity index (χ4v) is 0.783. The van der Waals surface area contributed by atoms with E-state index in [0.29, 0.717) is 5.56 Å². The van der Waals surface area contributed by atoms with Crippen molar-refractivity contribution in [3.63, 3.8) is 0 Å². The topological polar surface area (TPSA) is 44.1 Å². The number of rotatable bonds is 2. The van der Waals surface area contributed by atoms with Crippen molar-refractivity contribution in [3.8, 4) is 0 Å². The Morgan fingerprint density at radius 2 is 2.64 bits per heavy atom. The highest BCUT2D eigenvalue weighted by Crippen LogP contribution is 1.99. The van der Waals surface area contributed by atoms with Crippen molar-refractivity contribution in [1.82, 2.24) is 9.78 Å². The first-order valence-electron chi connectivity index (χ1n) is 2.94. The van der Waals surface area contributed by atoms with Gasteiger partial charge in [-0.1, -0.05) is 0 Å². The van der Waals surface area contributed by atoms with Crippen LogP contribution in [-0.4, -0.2) is 22.9 Å². The van der Waals surface area contributed by atoms with E-state index in [0.717, 1.165) is 0 Å². The van der Waals surface area contributed by atoms with Crippen molar-refractivity contribution in [2.24, 2.45) is 0 Å². The summed E-state index contributed by atoms with van der Waals surface area (Å²) in [7, 11) is 1.32. The zero-order chi connectivity index (χ0) is 8.27. The lowest BCUT2D eigenvalue weighted by molar-refractivity contribution is 0.0600. The third-order valence-electron chi connectivity index (χ3n) is 1.18. The van der Waals surface area contributed by atoms with E-state index in [-0.39, 0.29) is 6.00 Å². The number of nitrogens with zero attached hydrogens (tertiary/aromatic N) is 2. The van der Waals surface area contributed by atoms with Crippen molar-refractivity contribution < 1.29 is 9.53 Å². The summed E-state index contributed by atoms with van der Waals surface area (Å²) in [6.07, 6.45) is 2.94. The molecule has 0 atom stereocenters. The predicted molar refractivity (Wildman–Crippen MR) is 39.4 cm³/mol. The van der Waals surface area contributed by atoms with Crippen LogP contribution in [0, 0.1) is 0 Å². The maximum Gasteiger partial charge on any atom is 0.341 e. The van der Waals surface area contributed by atoms with Gasteiger partial charge in [-0.2, -0.15) is 5.10 Å². The van der Waals surface area contributed by atoms with E-state index in [1.165, 1.54) is 24.2 Å². The second-order valence-electron chi connectivity index (χ2n) is 1.88. The fraction of sp³-hybridized carbons (Fsp3) is 0.333. The summed E-state index contributed by atoms with van der Waals surface area (Å²) in [6.45, 7) is 0. The van der Waals surface area contributed by atoms with Gasteiger partial charge in [-0.05, 0) is 0 Å². The van der Waals surface area contributed by atoms with E-state index in [9.17, 15) is 4.79 Å². The molecule has 4 nitrogen and oxygen atoms in total. The molecule has 0 spiro atoms. The summed E-state index contributed by atoms with van der Waals surface area (Å²) < 4.78 is 5.90. The van der Waals surface area contributed by atoms with Crippen LogP contribution in [0.1, 0.15) is 10.4 Å². The quantitative estimate of drug-likeness (QED) is 0.494. The number of halogens is 1. The van der Waals surface area contributed by atoms with Gasteiger partial charge in [-0.3, -0.25) is 4.68 Å². The number of ether oxygens (including phenoxy) is 1. The molecule has 0 radical (unpaired) electrons. The molecule has 1 aromatic heterocycles. The lowest BCUT2D eigenvalue weighted by Gasteiger charge is -1.91. The van der Waals surface area contributed by atoms with Gasteiger partial charge < -0.3 is 4.74 Å². The van der Waals surface area contributed by atoms with Crippen molar-refractivity contribution in [2.45, 2.75) is 6.00 Å². The maximum atomic E-state index is 10.8.